The summed E-state index contributed by atoms with van der Waals surface area (Å²) >= 11 is 0. The van der Waals surface area contributed by atoms with E-state index in [0.717, 1.165) is 12.5 Å². The first kappa shape index (κ1) is 17.6. The normalized spacial score (nSPS) is 21.6. The van der Waals surface area contributed by atoms with Crippen molar-refractivity contribution in [2.75, 3.05) is 20.2 Å². The quantitative estimate of drug-likeness (QED) is 0.605. The van der Waals surface area contributed by atoms with Gasteiger partial charge in [-0.15, -0.1) is 0 Å². The van der Waals surface area contributed by atoms with Crippen LogP contribution in [0.3, 0.4) is 0 Å². The summed E-state index contributed by atoms with van der Waals surface area (Å²) in [7, 11) is -3.66. The summed E-state index contributed by atoms with van der Waals surface area (Å²) in [5.41, 5.74) is -5.53. The minimum absolute atomic E-state index is 0.352. The van der Waals surface area contributed by atoms with Crippen molar-refractivity contribution in [3.05, 3.63) is 0 Å². The predicted octanol–water partition coefficient (Wildman–Crippen LogP) is 1.25. The molecule has 1 aliphatic rings. The Morgan fingerprint density at radius 3 is 2.17 bits per heavy atom. The van der Waals surface area contributed by atoms with Crippen LogP contribution in [-0.2, 0) is 10.1 Å². The second-order valence-electron chi connectivity index (χ2n) is 4.06. The lowest BCUT2D eigenvalue weighted by atomic mass is 10.1. The molecule has 1 unspecified atom stereocenters. The lowest BCUT2D eigenvalue weighted by molar-refractivity contribution is -0.0510. The maximum absolute atomic E-state index is 10.7. The van der Waals surface area contributed by atoms with Gasteiger partial charge < -0.3 is 10.0 Å². The van der Waals surface area contributed by atoms with Crippen molar-refractivity contribution in [2.45, 2.75) is 37.2 Å². The average molecular weight is 293 g/mol. The molecular formula is C9H18F3NO4S. The summed E-state index contributed by atoms with van der Waals surface area (Å²) in [4.78, 5) is 2.40. The molecule has 0 bridgehead atoms. The van der Waals surface area contributed by atoms with E-state index in [-0.39, 0.29) is 0 Å². The number of hydrogen-bond acceptors (Lipinski definition) is 4. The number of likely N-dealkylation sites (tertiary alicyclic amines) is 1. The van der Waals surface area contributed by atoms with Crippen LogP contribution < -0.4 is 0 Å². The summed E-state index contributed by atoms with van der Waals surface area (Å²) in [5, 5.41) is 8.59. The Balaban J connectivity index is 0.000000331. The lowest BCUT2D eigenvalue weighted by Gasteiger charge is -2.18. The minimum Gasteiger partial charge on any atom is -0.396 e. The zero-order valence-corrected chi connectivity index (χ0v) is 10.8. The Morgan fingerprint density at radius 2 is 1.89 bits per heavy atom. The fourth-order valence-electron chi connectivity index (χ4n) is 1.67. The smallest absolute Gasteiger partial charge is 0.396 e. The van der Waals surface area contributed by atoms with E-state index in [1.807, 2.05) is 0 Å². The first-order valence-electron chi connectivity index (χ1n) is 5.44. The molecule has 0 aromatic carbocycles. The van der Waals surface area contributed by atoms with Crippen LogP contribution in [0.25, 0.3) is 0 Å². The molecule has 0 aromatic heterocycles. The summed E-state index contributed by atoms with van der Waals surface area (Å²) in [5.74, 6) is 0. The van der Waals surface area contributed by atoms with E-state index in [2.05, 4.69) is 11.9 Å². The van der Waals surface area contributed by atoms with Gasteiger partial charge in [-0.2, -0.15) is 21.6 Å². The molecule has 1 heterocycles. The molecule has 2 N–H and O–H groups in total. The van der Waals surface area contributed by atoms with Crippen LogP contribution in [0.2, 0.25) is 0 Å². The predicted molar refractivity (Wildman–Crippen MR) is 59.6 cm³/mol. The Hall–Kier alpha value is -0.380. The fourth-order valence-corrected chi connectivity index (χ4v) is 1.67. The van der Waals surface area contributed by atoms with Gasteiger partial charge in [0.1, 0.15) is 0 Å². The molecule has 0 saturated carbocycles. The number of alkyl halides is 3. The second-order valence-corrected chi connectivity index (χ2v) is 5.48. The van der Waals surface area contributed by atoms with Crippen LogP contribution in [0.15, 0.2) is 0 Å². The molecule has 18 heavy (non-hydrogen) atoms. The maximum Gasteiger partial charge on any atom is 0.522 e. The summed E-state index contributed by atoms with van der Waals surface area (Å²) in [6, 6.07) is 0.757. The van der Waals surface area contributed by atoms with Crippen molar-refractivity contribution in [2.24, 2.45) is 0 Å². The summed E-state index contributed by atoms with van der Waals surface area (Å²) < 4.78 is 57.5. The highest BCUT2D eigenvalue weighted by Crippen LogP contribution is 2.20. The van der Waals surface area contributed by atoms with E-state index in [1.54, 1.807) is 0 Å². The first-order valence-corrected chi connectivity index (χ1v) is 6.88. The number of aliphatic hydroxyl groups is 1. The van der Waals surface area contributed by atoms with Crippen LogP contribution in [-0.4, -0.2) is 54.7 Å². The van der Waals surface area contributed by atoms with Gasteiger partial charge in [0, 0.05) is 12.6 Å². The molecule has 9 heteroatoms. The number of aliphatic hydroxyl groups excluding tert-OH is 1. The third kappa shape index (κ3) is 6.53. The van der Waals surface area contributed by atoms with E-state index < -0.39 is 15.6 Å². The van der Waals surface area contributed by atoms with Gasteiger partial charge in [0.15, 0.2) is 0 Å². The van der Waals surface area contributed by atoms with Crippen molar-refractivity contribution >= 4 is 10.1 Å². The van der Waals surface area contributed by atoms with Gasteiger partial charge in [0.2, 0.25) is 0 Å². The van der Waals surface area contributed by atoms with Crippen molar-refractivity contribution in [3.8, 4) is 0 Å². The van der Waals surface area contributed by atoms with Gasteiger partial charge in [-0.25, -0.2) is 0 Å². The first-order chi connectivity index (χ1) is 8.09. The maximum atomic E-state index is 10.7. The second kappa shape index (κ2) is 7.27. The highest BCUT2D eigenvalue weighted by Gasteiger charge is 2.44. The van der Waals surface area contributed by atoms with Crippen LogP contribution in [0.4, 0.5) is 13.2 Å². The van der Waals surface area contributed by atoms with Gasteiger partial charge >= 0.3 is 15.6 Å². The molecule has 1 atom stereocenters. The van der Waals surface area contributed by atoms with E-state index in [4.69, 9.17) is 18.1 Å². The third-order valence-electron chi connectivity index (χ3n) is 2.66. The molecule has 1 saturated heterocycles. The lowest BCUT2D eigenvalue weighted by Crippen LogP contribution is -2.24. The SMILES string of the molecule is CN1CCCC1CCCO.O=S(=O)(O)C(F)(F)F. The van der Waals surface area contributed by atoms with Crippen molar-refractivity contribution < 1.29 is 31.2 Å². The van der Waals surface area contributed by atoms with Crippen LogP contribution >= 0.6 is 0 Å². The third-order valence-corrected chi connectivity index (χ3v) is 3.24. The number of rotatable bonds is 3. The Morgan fingerprint density at radius 1 is 1.39 bits per heavy atom. The zero-order valence-electron chi connectivity index (χ0n) is 10.0. The topological polar surface area (TPSA) is 77.8 Å². The Labute approximate surface area is 104 Å². The molecule has 0 radical (unpaired) electrons. The highest BCUT2D eigenvalue weighted by molar-refractivity contribution is 7.86. The van der Waals surface area contributed by atoms with E-state index in [9.17, 15) is 13.2 Å². The molecule has 0 aromatic rings. The Bertz CT molecular complexity index is 331. The standard InChI is InChI=1S/C8H17NO.CHF3O3S/c1-9-6-2-4-8(9)5-3-7-10;2-1(3,4)8(5,6)7/h8,10H,2-7H2,1H3;(H,5,6,7). The van der Waals surface area contributed by atoms with Gasteiger partial charge in [-0.1, -0.05) is 0 Å². The molecule has 1 fully saturated rings. The molecule has 5 nitrogen and oxygen atoms in total. The average Bonchev–Trinajstić information content (AvgIpc) is 2.59. The number of hydrogen-bond donors (Lipinski definition) is 2. The molecule has 1 aliphatic heterocycles. The molecule has 110 valence electrons. The largest absolute Gasteiger partial charge is 0.522 e. The molecule has 0 amide bonds. The van der Waals surface area contributed by atoms with Crippen molar-refractivity contribution in [1.82, 2.24) is 4.90 Å². The van der Waals surface area contributed by atoms with Crippen LogP contribution in [0.5, 0.6) is 0 Å². The number of nitrogens with zero attached hydrogens (tertiary/aromatic N) is 1. The summed E-state index contributed by atoms with van der Waals surface area (Å²) in [6.45, 7) is 1.60. The van der Waals surface area contributed by atoms with E-state index in [0.29, 0.717) is 6.61 Å². The summed E-state index contributed by atoms with van der Waals surface area (Å²) in [6.07, 6.45) is 4.81. The van der Waals surface area contributed by atoms with E-state index >= 15 is 0 Å². The van der Waals surface area contributed by atoms with Gasteiger partial charge in [0.05, 0.1) is 0 Å². The highest BCUT2D eigenvalue weighted by atomic mass is 32.2. The fraction of sp³-hybridized carbons (Fsp3) is 1.00. The molecule has 0 aliphatic carbocycles. The Kier molecular flexibility index (Phi) is 7.11. The van der Waals surface area contributed by atoms with Crippen molar-refractivity contribution in [1.29, 1.82) is 0 Å². The van der Waals surface area contributed by atoms with Crippen molar-refractivity contribution in [3.63, 3.8) is 0 Å². The minimum atomic E-state index is -5.84. The van der Waals surface area contributed by atoms with Gasteiger partial charge in [0.25, 0.3) is 0 Å². The number of halogens is 3. The van der Waals surface area contributed by atoms with Crippen LogP contribution in [0.1, 0.15) is 25.7 Å². The van der Waals surface area contributed by atoms with Gasteiger partial charge in [-0.3, -0.25) is 4.55 Å². The molecule has 0 spiro atoms. The molecular weight excluding hydrogens is 275 g/mol. The van der Waals surface area contributed by atoms with Crippen LogP contribution in [0, 0.1) is 0 Å². The van der Waals surface area contributed by atoms with Gasteiger partial charge in [-0.05, 0) is 39.3 Å². The molecule has 1 rings (SSSR count). The monoisotopic (exact) mass is 293 g/mol. The zero-order chi connectivity index (χ0) is 14.4. The van der Waals surface area contributed by atoms with E-state index in [1.165, 1.54) is 25.8 Å².